The van der Waals surface area contributed by atoms with Crippen LogP contribution in [-0.4, -0.2) is 15.4 Å². The van der Waals surface area contributed by atoms with Gasteiger partial charge in [0, 0.05) is 35.9 Å². The zero-order chi connectivity index (χ0) is 15.6. The Morgan fingerprint density at radius 3 is 2.67 bits per heavy atom. The molecule has 0 saturated heterocycles. The van der Waals surface area contributed by atoms with Gasteiger partial charge < -0.3 is 9.88 Å². The molecule has 0 spiro atoms. The molecule has 0 radical (unpaired) electrons. The molecule has 1 N–H and O–H groups in total. The molecule has 1 heterocycles. The minimum atomic E-state index is -0.574. The van der Waals surface area contributed by atoms with Gasteiger partial charge in [0.15, 0.2) is 0 Å². The Kier molecular flexibility index (Phi) is 4.18. The van der Waals surface area contributed by atoms with Crippen molar-refractivity contribution in [1.82, 2.24) is 4.57 Å². The van der Waals surface area contributed by atoms with Crippen molar-refractivity contribution < 1.29 is 9.72 Å². The highest BCUT2D eigenvalue weighted by Crippen LogP contribution is 2.23. The molecule has 0 aliphatic heterocycles. The summed E-state index contributed by atoms with van der Waals surface area (Å²) in [4.78, 5) is 33.6. The maximum Gasteiger partial charge on any atom is 0.270 e. The first kappa shape index (κ1) is 14.9. The summed E-state index contributed by atoms with van der Waals surface area (Å²) in [7, 11) is 1.56. The molecule has 21 heavy (non-hydrogen) atoms. The average molecular weight is 352 g/mol. The van der Waals surface area contributed by atoms with Crippen LogP contribution in [0.5, 0.6) is 0 Å². The largest absolute Gasteiger partial charge is 0.321 e. The first-order valence-electron chi connectivity index (χ1n) is 5.80. The van der Waals surface area contributed by atoms with E-state index in [0.29, 0.717) is 10.2 Å². The molecule has 0 bridgehead atoms. The van der Waals surface area contributed by atoms with E-state index in [9.17, 15) is 19.7 Å². The molecule has 0 atom stereocenters. The molecule has 1 amide bonds. The van der Waals surface area contributed by atoms with E-state index in [2.05, 4.69) is 21.2 Å². The zero-order valence-corrected chi connectivity index (χ0v) is 12.5. The van der Waals surface area contributed by atoms with E-state index < -0.39 is 10.8 Å². The number of carbonyl (C=O) groups is 1. The number of nitro groups is 1. The molecular weight excluding hydrogens is 342 g/mol. The number of halogens is 1. The van der Waals surface area contributed by atoms with E-state index >= 15 is 0 Å². The molecule has 0 aliphatic carbocycles. The molecule has 108 valence electrons. The van der Waals surface area contributed by atoms with E-state index in [0.717, 1.165) is 0 Å². The van der Waals surface area contributed by atoms with E-state index in [-0.39, 0.29) is 16.8 Å². The quantitative estimate of drug-likeness (QED) is 0.677. The Balaban J connectivity index is 2.31. The average Bonchev–Trinajstić information content (AvgIpc) is 2.43. The van der Waals surface area contributed by atoms with Crippen molar-refractivity contribution in [3.05, 3.63) is 67.0 Å². The SMILES string of the molecule is Cn1cc(NC(=O)c2cc([N+](=O)[O-])ccc2Br)ccc1=O. The fraction of sp³-hybridized carbons (Fsp3) is 0.0769. The van der Waals surface area contributed by atoms with Crippen LogP contribution in [0.2, 0.25) is 0 Å². The summed E-state index contributed by atoms with van der Waals surface area (Å²) in [6.07, 6.45) is 1.46. The smallest absolute Gasteiger partial charge is 0.270 e. The van der Waals surface area contributed by atoms with Crippen LogP contribution in [0.25, 0.3) is 0 Å². The number of hydrogen-bond donors (Lipinski definition) is 1. The maximum absolute atomic E-state index is 12.2. The van der Waals surface area contributed by atoms with Gasteiger partial charge in [-0.1, -0.05) is 0 Å². The number of aromatic nitrogens is 1. The fourth-order valence-electron chi connectivity index (χ4n) is 1.67. The summed E-state index contributed by atoms with van der Waals surface area (Å²) in [5, 5.41) is 13.3. The van der Waals surface area contributed by atoms with Gasteiger partial charge in [0.05, 0.1) is 16.2 Å². The number of hydrogen-bond acceptors (Lipinski definition) is 4. The van der Waals surface area contributed by atoms with E-state index in [1.165, 1.54) is 41.1 Å². The van der Waals surface area contributed by atoms with E-state index in [4.69, 9.17) is 0 Å². The van der Waals surface area contributed by atoms with Crippen LogP contribution in [0.15, 0.2) is 45.8 Å². The Morgan fingerprint density at radius 1 is 1.33 bits per heavy atom. The Bertz CT molecular complexity index is 785. The van der Waals surface area contributed by atoms with Gasteiger partial charge in [-0.2, -0.15) is 0 Å². The van der Waals surface area contributed by atoms with Gasteiger partial charge in [0.25, 0.3) is 11.6 Å². The van der Waals surface area contributed by atoms with Crippen molar-refractivity contribution in [2.75, 3.05) is 5.32 Å². The van der Waals surface area contributed by atoms with Crippen molar-refractivity contribution in [3.8, 4) is 0 Å². The fourth-order valence-corrected chi connectivity index (χ4v) is 2.09. The van der Waals surface area contributed by atoms with Gasteiger partial charge in [-0.3, -0.25) is 19.7 Å². The molecule has 1 aromatic heterocycles. The monoisotopic (exact) mass is 351 g/mol. The van der Waals surface area contributed by atoms with Gasteiger partial charge in [-0.05, 0) is 28.1 Å². The Hall–Kier alpha value is -2.48. The van der Waals surface area contributed by atoms with Crippen LogP contribution in [0.3, 0.4) is 0 Å². The summed E-state index contributed by atoms with van der Waals surface area (Å²) >= 11 is 3.18. The van der Waals surface area contributed by atoms with E-state index in [1.807, 2.05) is 0 Å². The predicted octanol–water partition coefficient (Wildman–Crippen LogP) is 2.31. The van der Waals surface area contributed by atoms with Gasteiger partial charge in [-0.15, -0.1) is 0 Å². The third-order valence-electron chi connectivity index (χ3n) is 2.75. The number of anilines is 1. The second kappa shape index (κ2) is 5.88. The molecule has 2 rings (SSSR count). The number of non-ortho nitro benzene ring substituents is 1. The summed E-state index contributed by atoms with van der Waals surface area (Å²) < 4.78 is 1.76. The van der Waals surface area contributed by atoms with Crippen LogP contribution in [0.4, 0.5) is 11.4 Å². The first-order valence-corrected chi connectivity index (χ1v) is 6.60. The number of benzene rings is 1. The Morgan fingerprint density at radius 2 is 2.05 bits per heavy atom. The van der Waals surface area contributed by atoms with Crippen LogP contribution in [0, 0.1) is 10.1 Å². The number of aryl methyl sites for hydroxylation is 1. The Labute approximate surface area is 127 Å². The third-order valence-corrected chi connectivity index (χ3v) is 3.44. The number of nitrogens with zero attached hydrogens (tertiary/aromatic N) is 2. The first-order chi connectivity index (χ1) is 9.88. The minimum Gasteiger partial charge on any atom is -0.321 e. The lowest BCUT2D eigenvalue weighted by atomic mass is 10.2. The van der Waals surface area contributed by atoms with Gasteiger partial charge in [0.1, 0.15) is 0 Å². The standard InChI is InChI=1S/C13H10BrN3O4/c1-16-7-8(2-5-12(16)18)15-13(19)10-6-9(17(20)21)3-4-11(10)14/h2-7H,1H3,(H,15,19). The lowest BCUT2D eigenvalue weighted by Gasteiger charge is -2.08. The lowest BCUT2D eigenvalue weighted by molar-refractivity contribution is -0.384. The number of carbonyl (C=O) groups excluding carboxylic acids is 1. The number of rotatable bonds is 3. The topological polar surface area (TPSA) is 94.2 Å². The van der Waals surface area contributed by atoms with Gasteiger partial charge in [0.2, 0.25) is 5.56 Å². The predicted molar refractivity (Wildman–Crippen MR) is 80.4 cm³/mol. The molecule has 0 unspecified atom stereocenters. The highest BCUT2D eigenvalue weighted by atomic mass is 79.9. The molecule has 8 heteroatoms. The molecule has 0 fully saturated rings. The highest BCUT2D eigenvalue weighted by Gasteiger charge is 2.15. The van der Waals surface area contributed by atoms with Gasteiger partial charge >= 0.3 is 0 Å². The normalized spacial score (nSPS) is 10.2. The van der Waals surface area contributed by atoms with Crippen LogP contribution < -0.4 is 10.9 Å². The molecule has 2 aromatic rings. The zero-order valence-electron chi connectivity index (χ0n) is 10.9. The number of pyridine rings is 1. The second-order valence-electron chi connectivity index (χ2n) is 4.24. The minimum absolute atomic E-state index is 0.137. The molecule has 1 aromatic carbocycles. The molecule has 7 nitrogen and oxygen atoms in total. The number of amides is 1. The highest BCUT2D eigenvalue weighted by molar-refractivity contribution is 9.10. The summed E-state index contributed by atoms with van der Waals surface area (Å²) in [5.41, 5.74) is 0.173. The molecule has 0 saturated carbocycles. The second-order valence-corrected chi connectivity index (χ2v) is 5.10. The van der Waals surface area contributed by atoms with E-state index in [1.54, 1.807) is 7.05 Å². The van der Waals surface area contributed by atoms with Crippen molar-refractivity contribution in [2.45, 2.75) is 0 Å². The van der Waals surface area contributed by atoms with Crippen molar-refractivity contribution >= 4 is 33.2 Å². The number of nitro benzene ring substituents is 1. The summed E-state index contributed by atoms with van der Waals surface area (Å²) in [6, 6.07) is 6.70. The summed E-state index contributed by atoms with van der Waals surface area (Å²) in [5.74, 6) is -0.510. The van der Waals surface area contributed by atoms with Crippen LogP contribution in [0.1, 0.15) is 10.4 Å². The van der Waals surface area contributed by atoms with Crippen molar-refractivity contribution in [1.29, 1.82) is 0 Å². The van der Waals surface area contributed by atoms with Gasteiger partial charge in [-0.25, -0.2) is 0 Å². The maximum atomic E-state index is 12.2. The van der Waals surface area contributed by atoms with Crippen molar-refractivity contribution in [3.63, 3.8) is 0 Å². The third kappa shape index (κ3) is 3.34. The lowest BCUT2D eigenvalue weighted by Crippen LogP contribution is -2.18. The summed E-state index contributed by atoms with van der Waals surface area (Å²) in [6.45, 7) is 0. The van der Waals surface area contributed by atoms with Crippen LogP contribution >= 0.6 is 15.9 Å². The van der Waals surface area contributed by atoms with Crippen molar-refractivity contribution in [2.24, 2.45) is 7.05 Å². The number of nitrogens with one attached hydrogen (secondary N) is 1. The molecule has 0 aliphatic rings. The van der Waals surface area contributed by atoms with Crippen LogP contribution in [-0.2, 0) is 7.05 Å². The molecular formula is C13H10BrN3O4.